The molecule has 88 valence electrons. The first-order chi connectivity index (χ1) is 8.26. The highest BCUT2D eigenvalue weighted by Gasteiger charge is 2.24. The highest BCUT2D eigenvalue weighted by atomic mass is 16.5. The van der Waals surface area contributed by atoms with Gasteiger partial charge in [-0.25, -0.2) is 4.79 Å². The fourth-order valence-corrected chi connectivity index (χ4v) is 1.96. The standard InChI is InChI=1S/C12H13N3O2/c1-13-10-6-5-9(15-7-3-4-8-15)11(14-10)12(16)17-2/h5-6H,3-4,7-8H2,2H3. The van der Waals surface area contributed by atoms with Crippen LogP contribution >= 0.6 is 0 Å². The van der Waals surface area contributed by atoms with Gasteiger partial charge in [0.2, 0.25) is 0 Å². The summed E-state index contributed by atoms with van der Waals surface area (Å²) in [6, 6.07) is 3.41. The minimum Gasteiger partial charge on any atom is -0.463 e. The summed E-state index contributed by atoms with van der Waals surface area (Å²) in [5.74, 6) is -0.272. The van der Waals surface area contributed by atoms with E-state index in [0.29, 0.717) is 0 Å². The second-order valence-corrected chi connectivity index (χ2v) is 3.83. The molecule has 0 amide bonds. The quantitative estimate of drug-likeness (QED) is 0.577. The Morgan fingerprint density at radius 3 is 2.76 bits per heavy atom. The van der Waals surface area contributed by atoms with Crippen LogP contribution in [0.1, 0.15) is 23.3 Å². The average Bonchev–Trinajstić information content (AvgIpc) is 2.90. The van der Waals surface area contributed by atoms with E-state index in [1.165, 1.54) is 7.11 Å². The van der Waals surface area contributed by atoms with Crippen LogP contribution in [0.2, 0.25) is 0 Å². The summed E-state index contributed by atoms with van der Waals surface area (Å²) < 4.78 is 4.71. The van der Waals surface area contributed by atoms with Gasteiger partial charge in [0, 0.05) is 13.1 Å². The van der Waals surface area contributed by atoms with Crippen molar-refractivity contribution in [2.45, 2.75) is 12.8 Å². The molecule has 0 N–H and O–H groups in total. The Balaban J connectivity index is 2.43. The molecule has 0 bridgehead atoms. The highest BCUT2D eigenvalue weighted by molar-refractivity contribution is 5.94. The molecule has 1 aliphatic rings. The Morgan fingerprint density at radius 2 is 2.18 bits per heavy atom. The van der Waals surface area contributed by atoms with Gasteiger partial charge in [-0.05, 0) is 25.0 Å². The number of rotatable bonds is 2. The summed E-state index contributed by atoms with van der Waals surface area (Å²) in [5, 5.41) is 0. The van der Waals surface area contributed by atoms with Gasteiger partial charge >= 0.3 is 5.97 Å². The number of carbonyl (C=O) groups excluding carboxylic acids is 1. The summed E-state index contributed by atoms with van der Waals surface area (Å²) in [6.07, 6.45) is 2.23. The van der Waals surface area contributed by atoms with Crippen molar-refractivity contribution in [3.63, 3.8) is 0 Å². The molecule has 2 heterocycles. The molecule has 5 nitrogen and oxygen atoms in total. The molecule has 5 heteroatoms. The van der Waals surface area contributed by atoms with Gasteiger partial charge in [0.05, 0.1) is 12.8 Å². The van der Waals surface area contributed by atoms with Crippen LogP contribution < -0.4 is 4.90 Å². The van der Waals surface area contributed by atoms with Crippen molar-refractivity contribution < 1.29 is 9.53 Å². The number of nitrogens with zero attached hydrogens (tertiary/aromatic N) is 3. The maximum Gasteiger partial charge on any atom is 0.382 e. The van der Waals surface area contributed by atoms with E-state index in [-0.39, 0.29) is 11.5 Å². The first-order valence-electron chi connectivity index (χ1n) is 5.48. The van der Waals surface area contributed by atoms with Gasteiger partial charge in [0.15, 0.2) is 0 Å². The van der Waals surface area contributed by atoms with Crippen molar-refractivity contribution in [2.75, 3.05) is 25.1 Å². The predicted molar refractivity (Wildman–Crippen MR) is 63.3 cm³/mol. The molecule has 17 heavy (non-hydrogen) atoms. The molecule has 1 fully saturated rings. The first-order valence-corrected chi connectivity index (χ1v) is 5.48. The number of methoxy groups -OCH3 is 1. The molecule has 1 saturated heterocycles. The van der Waals surface area contributed by atoms with Crippen LogP contribution in [0, 0.1) is 6.57 Å². The average molecular weight is 231 g/mol. The topological polar surface area (TPSA) is 46.8 Å². The second kappa shape index (κ2) is 4.83. The maximum atomic E-state index is 11.6. The zero-order valence-electron chi connectivity index (χ0n) is 9.64. The van der Waals surface area contributed by atoms with E-state index in [9.17, 15) is 4.79 Å². The lowest BCUT2D eigenvalue weighted by Crippen LogP contribution is -2.21. The number of anilines is 1. The SMILES string of the molecule is [C-]#[N+]c1ccc(N2CCCC2)c(C(=O)OC)n1. The predicted octanol–water partition coefficient (Wildman–Crippen LogP) is 2.02. The Bertz CT molecular complexity index is 473. The third-order valence-corrected chi connectivity index (χ3v) is 2.80. The lowest BCUT2D eigenvalue weighted by molar-refractivity contribution is 0.0595. The lowest BCUT2D eigenvalue weighted by atomic mass is 10.2. The molecule has 0 aliphatic carbocycles. The Labute approximate surface area is 99.8 Å². The lowest BCUT2D eigenvalue weighted by Gasteiger charge is -2.17. The molecule has 0 unspecified atom stereocenters. The van der Waals surface area contributed by atoms with E-state index in [2.05, 4.69) is 14.7 Å². The van der Waals surface area contributed by atoms with E-state index in [0.717, 1.165) is 31.6 Å². The molecule has 0 atom stereocenters. The molecule has 1 aromatic rings. The van der Waals surface area contributed by atoms with Crippen molar-refractivity contribution in [1.82, 2.24) is 4.98 Å². The molecule has 1 aliphatic heterocycles. The third-order valence-electron chi connectivity index (χ3n) is 2.80. The van der Waals surface area contributed by atoms with Gasteiger partial charge in [-0.15, -0.1) is 4.98 Å². The number of ether oxygens (including phenoxy) is 1. The molecule has 0 saturated carbocycles. The second-order valence-electron chi connectivity index (χ2n) is 3.83. The van der Waals surface area contributed by atoms with Gasteiger partial charge in [-0.2, -0.15) is 0 Å². The molecular formula is C12H13N3O2. The van der Waals surface area contributed by atoms with Crippen molar-refractivity contribution >= 4 is 17.5 Å². The number of hydrogen-bond acceptors (Lipinski definition) is 4. The van der Waals surface area contributed by atoms with Crippen molar-refractivity contribution in [3.8, 4) is 0 Å². The van der Waals surface area contributed by atoms with Crippen LogP contribution in [0.4, 0.5) is 11.5 Å². The Hall–Kier alpha value is -2.09. The van der Waals surface area contributed by atoms with Crippen LogP contribution in [-0.4, -0.2) is 31.2 Å². The van der Waals surface area contributed by atoms with Crippen LogP contribution in [0.25, 0.3) is 4.85 Å². The van der Waals surface area contributed by atoms with E-state index >= 15 is 0 Å². The molecule has 1 aromatic heterocycles. The molecule has 0 spiro atoms. The Morgan fingerprint density at radius 1 is 1.47 bits per heavy atom. The highest BCUT2D eigenvalue weighted by Crippen LogP contribution is 2.26. The molecule has 0 radical (unpaired) electrons. The Kier molecular flexibility index (Phi) is 3.24. The summed E-state index contributed by atoms with van der Waals surface area (Å²) >= 11 is 0. The van der Waals surface area contributed by atoms with Gasteiger partial charge < -0.3 is 14.5 Å². The van der Waals surface area contributed by atoms with Gasteiger partial charge in [0.25, 0.3) is 11.5 Å². The number of hydrogen-bond donors (Lipinski definition) is 0. The first kappa shape index (κ1) is 11.4. The van der Waals surface area contributed by atoms with Gasteiger partial charge in [-0.3, -0.25) is 0 Å². The van der Waals surface area contributed by atoms with Crippen LogP contribution in [0.15, 0.2) is 12.1 Å². The summed E-state index contributed by atoms with van der Waals surface area (Å²) in [7, 11) is 1.32. The largest absolute Gasteiger partial charge is 0.463 e. The molecular weight excluding hydrogens is 218 g/mol. The third kappa shape index (κ3) is 2.21. The number of esters is 1. The van der Waals surface area contributed by atoms with Gasteiger partial charge in [0.1, 0.15) is 0 Å². The molecule has 2 rings (SSSR count). The molecule has 0 aromatic carbocycles. The fraction of sp³-hybridized carbons (Fsp3) is 0.417. The number of aromatic nitrogens is 1. The fourth-order valence-electron chi connectivity index (χ4n) is 1.96. The summed E-state index contributed by atoms with van der Waals surface area (Å²) in [5.41, 5.74) is 1.00. The van der Waals surface area contributed by atoms with E-state index in [4.69, 9.17) is 11.3 Å². The zero-order valence-corrected chi connectivity index (χ0v) is 9.64. The minimum absolute atomic E-state index is 0.216. The minimum atomic E-state index is -0.489. The smallest absolute Gasteiger partial charge is 0.382 e. The van der Waals surface area contributed by atoms with Crippen molar-refractivity contribution in [3.05, 3.63) is 29.2 Å². The normalized spacial score (nSPS) is 14.5. The zero-order chi connectivity index (χ0) is 12.3. The number of pyridine rings is 1. The van der Waals surface area contributed by atoms with E-state index in [1.807, 2.05) is 0 Å². The summed E-state index contributed by atoms with van der Waals surface area (Å²) in [4.78, 5) is 21.0. The summed E-state index contributed by atoms with van der Waals surface area (Å²) in [6.45, 7) is 8.75. The van der Waals surface area contributed by atoms with Gasteiger partial charge in [-0.1, -0.05) is 6.57 Å². The monoisotopic (exact) mass is 231 g/mol. The van der Waals surface area contributed by atoms with Crippen LogP contribution in [0.5, 0.6) is 0 Å². The van der Waals surface area contributed by atoms with Crippen LogP contribution in [0.3, 0.4) is 0 Å². The number of carbonyl (C=O) groups is 1. The maximum absolute atomic E-state index is 11.6. The van der Waals surface area contributed by atoms with Crippen LogP contribution in [-0.2, 0) is 4.74 Å². The van der Waals surface area contributed by atoms with E-state index < -0.39 is 5.97 Å². The van der Waals surface area contributed by atoms with Crippen molar-refractivity contribution in [1.29, 1.82) is 0 Å². The van der Waals surface area contributed by atoms with Crippen molar-refractivity contribution in [2.24, 2.45) is 0 Å². The van der Waals surface area contributed by atoms with E-state index in [1.54, 1.807) is 12.1 Å².